The van der Waals surface area contributed by atoms with E-state index < -0.39 is 193 Å². The van der Waals surface area contributed by atoms with E-state index in [-0.39, 0.29) is 199 Å². The number of carbonyl (C=O) groups is 17. The molecule has 4 aliphatic rings. The molecule has 14 amide bonds. The average molecular weight is 1980 g/mol. The van der Waals surface area contributed by atoms with Gasteiger partial charge in [0, 0.05) is 84.6 Å². The van der Waals surface area contributed by atoms with Crippen LogP contribution in [0.25, 0.3) is 0 Å². The maximum Gasteiger partial charge on any atom is 0.326 e. The number of nitrogens with zero attached hydrogens (tertiary/aromatic N) is 3. The molecule has 46 nitrogen and oxygen atoms in total. The first-order valence-corrected chi connectivity index (χ1v) is 48.4. The number of likely N-dealkylation sites (tertiary alicyclic amines) is 1. The molecule has 0 aliphatic carbocycles. The Morgan fingerprint density at radius 2 is 0.886 bits per heavy atom. The number of nitrogens with two attached hydrogens (primary N) is 1. The van der Waals surface area contributed by atoms with Crippen molar-refractivity contribution < 1.29 is 154 Å². The molecule has 0 unspecified atom stereocenters. The van der Waals surface area contributed by atoms with Crippen molar-refractivity contribution >= 4 is 101 Å². The van der Waals surface area contributed by atoms with E-state index in [0.29, 0.717) is 123 Å². The molecule has 11 atom stereocenters. The third kappa shape index (κ3) is 47.4. The van der Waals surface area contributed by atoms with Gasteiger partial charge in [-0.25, -0.2) is 4.79 Å². The van der Waals surface area contributed by atoms with Crippen molar-refractivity contribution in [1.29, 1.82) is 0 Å². The summed E-state index contributed by atoms with van der Waals surface area (Å²) in [4.78, 5) is 239. The fraction of sp³-hybridized carbons (Fsp3) is 0.691. The predicted octanol–water partition coefficient (Wildman–Crippen LogP) is -1.28. The number of nitrogens with one attached hydrogen (secondary N) is 10. The summed E-state index contributed by atoms with van der Waals surface area (Å²) < 4.78 is 61.2. The number of ether oxygens (including phenoxy) is 11. The average Bonchev–Trinajstić information content (AvgIpc) is 1.65. The number of amides is 14. The van der Waals surface area contributed by atoms with E-state index >= 15 is 9.59 Å². The van der Waals surface area contributed by atoms with Crippen molar-refractivity contribution in [3.8, 4) is 5.75 Å². The summed E-state index contributed by atoms with van der Waals surface area (Å²) in [6.07, 6.45) is -2.35. The molecule has 140 heavy (non-hydrogen) atoms. The Balaban J connectivity index is 1.19. The van der Waals surface area contributed by atoms with Gasteiger partial charge in [0.1, 0.15) is 72.2 Å². The van der Waals surface area contributed by atoms with Crippen molar-refractivity contribution in [2.45, 2.75) is 235 Å². The molecule has 0 spiro atoms. The molecule has 6 rings (SSSR count). The van der Waals surface area contributed by atoms with Crippen molar-refractivity contribution in [2.75, 3.05) is 178 Å². The van der Waals surface area contributed by atoms with Crippen molar-refractivity contribution in [1.82, 2.24) is 67.9 Å². The number of carbonyl (C=O) groups excluding carboxylic acids is 14. The number of aliphatic carboxylic acids is 3. The van der Waals surface area contributed by atoms with Gasteiger partial charge in [0.05, 0.1) is 145 Å². The highest BCUT2D eigenvalue weighted by atomic mass is 16.6. The number of carboxylic acid groups (broad SMARTS) is 3. The maximum absolute atomic E-state index is 15.3. The Morgan fingerprint density at radius 3 is 1.35 bits per heavy atom. The fourth-order valence-corrected chi connectivity index (χ4v) is 15.8. The van der Waals surface area contributed by atoms with Crippen LogP contribution in [0.1, 0.15) is 167 Å². The standard InChI is InChI=1S/C94H146N14O32/c1-63(2)60-73(92(126)107-36-13-20-78(107)90(124)105-75(94(128)129)62-66-21-23-67(110)24-22-66)103-87(121)70(26-29-82(114)115)100-85(119)69-17-8-10-34-97-81(113)32-39-131-41-43-133-45-47-135-49-51-137-53-55-139-57-59-140-58-56-138-54-52-136-50-48-134-46-44-132-42-40-130-38-31-80(112)96-33-9-7-16-68(98-64(3)109)84(118)102-72(25-28-79(95)111)91(125)106-35-11-19-77(106)89(123)104-74(61-65-14-5-4-6-15-65)93(127)108-37-12-18-76(108)88(122)101-71(86(120)99-69)27-30-83(116)117/h4-6,14-15,21-24,63,68-78,110H,7-13,16-20,25-62H2,1-3H3,(H2,95,111)(H,96,112)(H,97,113)(H,98,109)(H,99,120)(H,100,119)(H,101,122)(H,102,118)(H,103,121)(H,104,123)(H,105,124)(H,114,115)(H,116,117)(H,128,129)/t68-,69-,70-,71-,72-,73-,74-,75-,76-,77-,78-/m0/s1. The minimum absolute atomic E-state index is 0.00401. The third-order valence-corrected chi connectivity index (χ3v) is 23.1. The number of carboxylic acids is 3. The molecule has 2 aromatic carbocycles. The molecule has 0 aromatic heterocycles. The van der Waals surface area contributed by atoms with Gasteiger partial charge in [-0.1, -0.05) is 56.3 Å². The second kappa shape index (κ2) is 68.0. The van der Waals surface area contributed by atoms with E-state index in [1.54, 1.807) is 44.2 Å². The molecule has 0 saturated carbocycles. The van der Waals surface area contributed by atoms with Crippen LogP contribution < -0.4 is 58.9 Å². The highest BCUT2D eigenvalue weighted by Crippen LogP contribution is 2.26. The minimum Gasteiger partial charge on any atom is -0.508 e. The van der Waals surface area contributed by atoms with Crippen LogP contribution in [-0.4, -0.2) is 380 Å². The number of phenols is 1. The molecule has 0 radical (unpaired) electrons. The molecule has 4 heterocycles. The van der Waals surface area contributed by atoms with Gasteiger partial charge in [-0.15, -0.1) is 0 Å². The van der Waals surface area contributed by atoms with Crippen LogP contribution in [0.5, 0.6) is 5.75 Å². The lowest BCUT2D eigenvalue weighted by molar-refractivity contribution is -0.145. The molecule has 2 aromatic rings. The van der Waals surface area contributed by atoms with Crippen LogP contribution >= 0.6 is 0 Å². The van der Waals surface area contributed by atoms with E-state index in [1.165, 1.54) is 45.9 Å². The molecular weight excluding hydrogens is 1840 g/mol. The van der Waals surface area contributed by atoms with Crippen molar-refractivity contribution in [3.63, 3.8) is 0 Å². The zero-order valence-electron chi connectivity index (χ0n) is 80.6. The van der Waals surface area contributed by atoms with Crippen LogP contribution in [0.4, 0.5) is 0 Å². The molecule has 4 aliphatic heterocycles. The summed E-state index contributed by atoms with van der Waals surface area (Å²) >= 11 is 0. The predicted molar refractivity (Wildman–Crippen MR) is 499 cm³/mol. The Labute approximate surface area is 815 Å². The Bertz CT molecular complexity index is 4180. The molecule has 4 saturated heterocycles. The molecule has 16 N–H and O–H groups in total. The quantitative estimate of drug-likeness (QED) is 0.0582. The maximum atomic E-state index is 15.3. The first-order valence-electron chi connectivity index (χ1n) is 48.4. The SMILES string of the molecule is CC(=O)N[C@H]1CCCCNC(=O)CCOCCOCCOCCOCCOCCOCCOCCOCCOCCOCCOCCC(=O)NCCCC[C@@H](C(=O)N[C@@H](CCC(=O)O)C(=O)N[C@@H](CC(C)C)C(=O)N2CCC[C@H]2C(=O)N[C@@H](Cc2ccc(O)cc2)C(=O)O)NC(=O)[C@H](CCC(=O)O)NC(=O)[C@@H]2CCCN2C(=O)[C@H](Cc2ccccc2)NC(=O)[C@@H]2CCCN2C(=O)[C@H](CCC(N)=O)NC1=O. The van der Waals surface area contributed by atoms with Gasteiger partial charge in [-0.05, 0) is 132 Å². The van der Waals surface area contributed by atoms with E-state index in [4.69, 9.17) is 57.8 Å². The molecule has 46 heteroatoms. The van der Waals surface area contributed by atoms with Gasteiger partial charge in [-0.2, -0.15) is 0 Å². The van der Waals surface area contributed by atoms with Crippen LogP contribution in [0, 0.1) is 5.92 Å². The second-order valence-corrected chi connectivity index (χ2v) is 34.6. The lowest BCUT2D eigenvalue weighted by Crippen LogP contribution is -2.60. The molecule has 0 bridgehead atoms. The summed E-state index contributed by atoms with van der Waals surface area (Å²) in [5.74, 6) is -15.7. The summed E-state index contributed by atoms with van der Waals surface area (Å²) in [7, 11) is 0. The van der Waals surface area contributed by atoms with Crippen molar-refractivity contribution in [2.24, 2.45) is 11.7 Å². The number of phenolic OH excluding ortho intramolecular Hbond substituents is 1. The Kier molecular flexibility index (Phi) is 57.1. The summed E-state index contributed by atoms with van der Waals surface area (Å²) in [5, 5.41) is 66.6. The number of fused-ring (bicyclic) bond motifs is 2. The summed E-state index contributed by atoms with van der Waals surface area (Å²) in [6, 6.07) is -1.99. The molecular formula is C94H146N14O32. The van der Waals surface area contributed by atoms with Gasteiger partial charge in [0.15, 0.2) is 0 Å². The minimum atomic E-state index is -1.78. The number of primary amides is 1. The fourth-order valence-electron chi connectivity index (χ4n) is 15.8. The van der Waals surface area contributed by atoms with Gasteiger partial charge < -0.3 is 146 Å². The van der Waals surface area contributed by atoms with Crippen LogP contribution in [-0.2, 0) is 146 Å². The number of hydrogen-bond acceptors (Lipinski definition) is 29. The largest absolute Gasteiger partial charge is 0.508 e. The zero-order valence-corrected chi connectivity index (χ0v) is 80.6. The van der Waals surface area contributed by atoms with Crippen LogP contribution in [0.2, 0.25) is 0 Å². The second-order valence-electron chi connectivity index (χ2n) is 34.6. The highest BCUT2D eigenvalue weighted by molar-refractivity contribution is 6.00. The lowest BCUT2D eigenvalue weighted by atomic mass is 10.0. The van der Waals surface area contributed by atoms with Gasteiger partial charge in [0.2, 0.25) is 82.7 Å². The number of hydrogen-bond donors (Lipinski definition) is 15. The molecule has 4 fully saturated rings. The van der Waals surface area contributed by atoms with E-state index in [9.17, 15) is 92.3 Å². The number of benzene rings is 2. The normalized spacial score (nSPS) is 23.4. The monoisotopic (exact) mass is 1980 g/mol. The first kappa shape index (κ1) is 117. The van der Waals surface area contributed by atoms with E-state index in [2.05, 4.69) is 53.2 Å². The van der Waals surface area contributed by atoms with Crippen LogP contribution in [0.15, 0.2) is 54.6 Å². The Hall–Kier alpha value is -11.2. The topological polar surface area (TPSA) is 629 Å². The number of aromatic hydroxyl groups is 1. The van der Waals surface area contributed by atoms with Gasteiger partial charge >= 0.3 is 17.9 Å². The third-order valence-electron chi connectivity index (χ3n) is 23.1. The molecule has 784 valence electrons. The zero-order chi connectivity index (χ0) is 102. The summed E-state index contributed by atoms with van der Waals surface area (Å²) in [6.45, 7) is 11.3. The van der Waals surface area contributed by atoms with E-state index in [0.717, 1.165) is 0 Å². The van der Waals surface area contributed by atoms with Crippen molar-refractivity contribution in [3.05, 3.63) is 65.7 Å². The first-order chi connectivity index (χ1) is 67.4. The lowest BCUT2D eigenvalue weighted by Gasteiger charge is -2.32. The van der Waals surface area contributed by atoms with Gasteiger partial charge in [-0.3, -0.25) is 76.7 Å². The summed E-state index contributed by atoms with van der Waals surface area (Å²) in [5.41, 5.74) is 6.59. The highest BCUT2D eigenvalue weighted by Gasteiger charge is 2.45. The Morgan fingerprint density at radius 1 is 0.443 bits per heavy atom. The van der Waals surface area contributed by atoms with Gasteiger partial charge in [0.25, 0.3) is 0 Å². The number of rotatable bonds is 24. The van der Waals surface area contributed by atoms with E-state index in [1.807, 2.05) is 0 Å². The smallest absolute Gasteiger partial charge is 0.326 e. The van der Waals surface area contributed by atoms with Crippen LogP contribution in [0.3, 0.4) is 0 Å².